The predicted molar refractivity (Wildman–Crippen MR) is 103 cm³/mol. The van der Waals surface area contributed by atoms with E-state index in [-0.39, 0.29) is 24.7 Å². The molecule has 0 radical (unpaired) electrons. The Kier molecular flexibility index (Phi) is 6.35. The molecule has 138 valence electrons. The van der Waals surface area contributed by atoms with E-state index in [9.17, 15) is 9.59 Å². The fourth-order valence-corrected chi connectivity index (χ4v) is 2.62. The molecular formula is C21H22N4O2. The van der Waals surface area contributed by atoms with Gasteiger partial charge < -0.3 is 10.6 Å². The van der Waals surface area contributed by atoms with Crippen molar-refractivity contribution in [1.29, 1.82) is 0 Å². The van der Waals surface area contributed by atoms with Crippen LogP contribution in [0.25, 0.3) is 5.69 Å². The van der Waals surface area contributed by atoms with E-state index in [2.05, 4.69) is 15.7 Å². The van der Waals surface area contributed by atoms with E-state index < -0.39 is 0 Å². The number of rotatable bonds is 8. The Labute approximate surface area is 158 Å². The number of para-hydroxylation sites is 1. The van der Waals surface area contributed by atoms with Crippen LogP contribution in [0, 0.1) is 0 Å². The molecular weight excluding hydrogens is 340 g/mol. The van der Waals surface area contributed by atoms with Crippen molar-refractivity contribution < 1.29 is 9.59 Å². The summed E-state index contributed by atoms with van der Waals surface area (Å²) in [6.07, 6.45) is 4.00. The van der Waals surface area contributed by atoms with Crippen molar-refractivity contribution in [2.24, 2.45) is 0 Å². The van der Waals surface area contributed by atoms with Gasteiger partial charge in [0.2, 0.25) is 11.8 Å². The average Bonchev–Trinajstić information content (AvgIpc) is 3.16. The molecule has 1 heterocycles. The maximum Gasteiger partial charge on any atom is 0.224 e. The van der Waals surface area contributed by atoms with Gasteiger partial charge in [-0.25, -0.2) is 4.68 Å². The number of amides is 2. The molecule has 2 N–H and O–H groups in total. The van der Waals surface area contributed by atoms with E-state index in [1.165, 1.54) is 0 Å². The summed E-state index contributed by atoms with van der Waals surface area (Å²) in [4.78, 5) is 23.9. The second-order valence-electron chi connectivity index (χ2n) is 6.17. The van der Waals surface area contributed by atoms with Crippen molar-refractivity contribution in [1.82, 2.24) is 20.4 Å². The van der Waals surface area contributed by atoms with Crippen LogP contribution in [0.5, 0.6) is 0 Å². The molecule has 6 heteroatoms. The van der Waals surface area contributed by atoms with Crippen LogP contribution in [0.2, 0.25) is 0 Å². The lowest BCUT2D eigenvalue weighted by Gasteiger charge is -2.06. The summed E-state index contributed by atoms with van der Waals surface area (Å²) >= 11 is 0. The van der Waals surface area contributed by atoms with Gasteiger partial charge in [-0.2, -0.15) is 5.10 Å². The molecule has 0 atom stereocenters. The minimum Gasteiger partial charge on any atom is -0.355 e. The SMILES string of the molecule is O=C(CCNC(=O)Cc1cnn(-c2ccccc2)c1)NCc1ccccc1. The first-order valence-electron chi connectivity index (χ1n) is 8.87. The topological polar surface area (TPSA) is 76.0 Å². The maximum absolute atomic E-state index is 12.0. The molecule has 0 aliphatic heterocycles. The van der Waals surface area contributed by atoms with E-state index in [0.29, 0.717) is 13.1 Å². The molecule has 0 aliphatic rings. The van der Waals surface area contributed by atoms with Crippen LogP contribution in [0.4, 0.5) is 0 Å². The molecule has 0 fully saturated rings. The molecule has 2 amide bonds. The Hall–Kier alpha value is -3.41. The number of benzene rings is 2. The lowest BCUT2D eigenvalue weighted by atomic mass is 10.2. The zero-order valence-corrected chi connectivity index (χ0v) is 15.0. The third-order valence-corrected chi connectivity index (χ3v) is 4.03. The van der Waals surface area contributed by atoms with Crippen LogP contribution in [-0.2, 0) is 22.6 Å². The van der Waals surface area contributed by atoms with E-state index >= 15 is 0 Å². The van der Waals surface area contributed by atoms with Crippen LogP contribution in [0.15, 0.2) is 73.1 Å². The van der Waals surface area contributed by atoms with Gasteiger partial charge in [0.25, 0.3) is 0 Å². The quantitative estimate of drug-likeness (QED) is 0.645. The molecule has 27 heavy (non-hydrogen) atoms. The van der Waals surface area contributed by atoms with Gasteiger partial charge in [0, 0.05) is 25.7 Å². The molecule has 0 saturated heterocycles. The van der Waals surface area contributed by atoms with Crippen molar-refractivity contribution >= 4 is 11.8 Å². The molecule has 0 bridgehead atoms. The summed E-state index contributed by atoms with van der Waals surface area (Å²) in [5.74, 6) is -0.213. The highest BCUT2D eigenvalue weighted by molar-refractivity contribution is 5.80. The monoisotopic (exact) mass is 362 g/mol. The largest absolute Gasteiger partial charge is 0.355 e. The number of nitrogens with one attached hydrogen (secondary N) is 2. The minimum absolute atomic E-state index is 0.0870. The lowest BCUT2D eigenvalue weighted by molar-refractivity contribution is -0.122. The van der Waals surface area contributed by atoms with E-state index in [1.807, 2.05) is 66.9 Å². The summed E-state index contributed by atoms with van der Waals surface area (Å²) in [5.41, 5.74) is 2.81. The number of carbonyl (C=O) groups excluding carboxylic acids is 2. The Morgan fingerprint density at radius 2 is 1.56 bits per heavy atom. The van der Waals surface area contributed by atoms with Crippen LogP contribution < -0.4 is 10.6 Å². The van der Waals surface area contributed by atoms with E-state index in [0.717, 1.165) is 16.8 Å². The maximum atomic E-state index is 12.0. The Morgan fingerprint density at radius 3 is 2.30 bits per heavy atom. The van der Waals surface area contributed by atoms with Crippen LogP contribution in [-0.4, -0.2) is 28.1 Å². The molecule has 0 aliphatic carbocycles. The number of nitrogens with zero attached hydrogens (tertiary/aromatic N) is 2. The molecule has 0 saturated carbocycles. The molecule has 0 spiro atoms. The van der Waals surface area contributed by atoms with Crippen LogP contribution in [0.3, 0.4) is 0 Å². The number of aromatic nitrogens is 2. The molecule has 1 aromatic heterocycles. The molecule has 3 aromatic rings. The highest BCUT2D eigenvalue weighted by atomic mass is 16.2. The number of carbonyl (C=O) groups is 2. The third kappa shape index (κ3) is 5.81. The molecule has 2 aromatic carbocycles. The van der Waals surface area contributed by atoms with Crippen molar-refractivity contribution in [3.8, 4) is 5.69 Å². The fourth-order valence-electron chi connectivity index (χ4n) is 2.62. The van der Waals surface area contributed by atoms with Crippen LogP contribution in [0.1, 0.15) is 17.5 Å². The lowest BCUT2D eigenvalue weighted by Crippen LogP contribution is -2.31. The van der Waals surface area contributed by atoms with Crippen molar-refractivity contribution in [3.05, 3.63) is 84.2 Å². The first-order chi connectivity index (χ1) is 13.2. The van der Waals surface area contributed by atoms with Crippen molar-refractivity contribution in [2.75, 3.05) is 6.54 Å². The molecule has 6 nitrogen and oxygen atoms in total. The first kappa shape index (κ1) is 18.4. The highest BCUT2D eigenvalue weighted by Gasteiger charge is 2.08. The third-order valence-electron chi connectivity index (χ3n) is 4.03. The van der Waals surface area contributed by atoms with Gasteiger partial charge in [0.15, 0.2) is 0 Å². The number of hydrogen-bond donors (Lipinski definition) is 2. The summed E-state index contributed by atoms with van der Waals surface area (Å²) < 4.78 is 1.74. The highest BCUT2D eigenvalue weighted by Crippen LogP contribution is 2.08. The molecule has 0 unspecified atom stereocenters. The standard InChI is InChI=1S/C21H22N4O2/c26-20(23-14-17-7-3-1-4-8-17)11-12-22-21(27)13-18-15-24-25(16-18)19-9-5-2-6-10-19/h1-10,15-16H,11-14H2,(H,22,27)(H,23,26). The van der Waals surface area contributed by atoms with E-state index in [4.69, 9.17) is 0 Å². The average molecular weight is 362 g/mol. The predicted octanol–water partition coefficient (Wildman–Crippen LogP) is 2.24. The second-order valence-corrected chi connectivity index (χ2v) is 6.17. The van der Waals surface area contributed by atoms with Gasteiger partial charge in [-0.15, -0.1) is 0 Å². The van der Waals surface area contributed by atoms with Gasteiger partial charge in [0.05, 0.1) is 18.3 Å². The zero-order valence-electron chi connectivity index (χ0n) is 15.0. The summed E-state index contributed by atoms with van der Waals surface area (Å²) in [7, 11) is 0. The van der Waals surface area contributed by atoms with Gasteiger partial charge in [-0.1, -0.05) is 48.5 Å². The first-order valence-corrected chi connectivity index (χ1v) is 8.87. The zero-order chi connectivity index (χ0) is 18.9. The minimum atomic E-state index is -0.126. The van der Waals surface area contributed by atoms with Crippen molar-refractivity contribution in [3.63, 3.8) is 0 Å². The fraction of sp³-hybridized carbons (Fsp3) is 0.190. The van der Waals surface area contributed by atoms with E-state index in [1.54, 1.807) is 10.9 Å². The summed E-state index contributed by atoms with van der Waals surface area (Å²) in [6.45, 7) is 0.804. The Bertz CT molecular complexity index is 875. The van der Waals surface area contributed by atoms with Gasteiger partial charge >= 0.3 is 0 Å². The van der Waals surface area contributed by atoms with Gasteiger partial charge in [0.1, 0.15) is 0 Å². The summed E-state index contributed by atoms with van der Waals surface area (Å²) in [6, 6.07) is 19.4. The van der Waals surface area contributed by atoms with Crippen LogP contribution >= 0.6 is 0 Å². The number of hydrogen-bond acceptors (Lipinski definition) is 3. The smallest absolute Gasteiger partial charge is 0.224 e. The Morgan fingerprint density at radius 1 is 0.852 bits per heavy atom. The van der Waals surface area contributed by atoms with Crippen molar-refractivity contribution in [2.45, 2.75) is 19.4 Å². The molecule has 3 rings (SSSR count). The van der Waals surface area contributed by atoms with Gasteiger partial charge in [-0.3, -0.25) is 9.59 Å². The Balaban J connectivity index is 1.37. The normalized spacial score (nSPS) is 10.4. The summed E-state index contributed by atoms with van der Waals surface area (Å²) in [5, 5.41) is 9.89. The van der Waals surface area contributed by atoms with Gasteiger partial charge in [-0.05, 0) is 23.3 Å². The second kappa shape index (κ2) is 9.33.